The normalized spacial score (nSPS) is 13.4. The van der Waals surface area contributed by atoms with E-state index in [-0.39, 0.29) is 23.6 Å². The highest BCUT2D eigenvalue weighted by Crippen LogP contribution is 2.23. The zero-order valence-corrected chi connectivity index (χ0v) is 23.6. The summed E-state index contributed by atoms with van der Waals surface area (Å²) in [6.45, 7) is 8.29. The van der Waals surface area contributed by atoms with Crippen molar-refractivity contribution in [3.05, 3.63) is 108 Å². The number of hydrogen-bond donors (Lipinski definition) is 0. The predicted octanol–water partition coefficient (Wildman–Crippen LogP) is 4.47. The molecule has 2 aromatic heterocycles. The molecule has 0 bridgehead atoms. The summed E-state index contributed by atoms with van der Waals surface area (Å²) in [6, 6.07) is 13.9. The first kappa shape index (κ1) is 29.1. The number of aromatic nitrogens is 4. The van der Waals surface area contributed by atoms with Crippen LogP contribution in [0.3, 0.4) is 0 Å². The van der Waals surface area contributed by atoms with Gasteiger partial charge in [-0.25, -0.2) is 9.97 Å². The van der Waals surface area contributed by atoms with Crippen molar-refractivity contribution in [2.24, 2.45) is 0 Å². The summed E-state index contributed by atoms with van der Waals surface area (Å²) in [6.07, 6.45) is 10.5. The van der Waals surface area contributed by atoms with E-state index in [1.54, 1.807) is 67.4 Å². The molecule has 0 unspecified atom stereocenters. The molecule has 4 amide bonds. The molecular formula is C31H34N6O4. The van der Waals surface area contributed by atoms with E-state index in [0.29, 0.717) is 35.3 Å². The summed E-state index contributed by atoms with van der Waals surface area (Å²) in [5.74, 6) is -0.753. The van der Waals surface area contributed by atoms with Crippen LogP contribution in [0.1, 0.15) is 73.8 Å². The summed E-state index contributed by atoms with van der Waals surface area (Å²) in [7, 11) is 0. The Hall–Kier alpha value is -4.86. The van der Waals surface area contributed by atoms with Gasteiger partial charge in [-0.2, -0.15) is 0 Å². The van der Waals surface area contributed by atoms with Crippen LogP contribution in [-0.2, 0) is 13.1 Å². The van der Waals surface area contributed by atoms with Crippen molar-refractivity contribution in [3.63, 3.8) is 0 Å². The SMILES string of the molecule is CC.Cc1cn(CCCN2C(=O)c3ccccc3C2=O)cn1.O=C1c2ccccc2C(=O)N1CCCn1ccnc1. The van der Waals surface area contributed by atoms with E-state index in [1.807, 2.05) is 42.3 Å². The Bertz CT molecular complexity index is 1450. The van der Waals surface area contributed by atoms with E-state index in [0.717, 1.165) is 31.6 Å². The lowest BCUT2D eigenvalue weighted by molar-refractivity contribution is 0.0635. The molecule has 10 nitrogen and oxygen atoms in total. The summed E-state index contributed by atoms with van der Waals surface area (Å²) < 4.78 is 3.89. The standard InChI is InChI=1S/C15H15N3O2.C14H13N3O2.C2H6/c1-11-9-17(10-16-11)7-4-8-18-14(19)12-5-2-3-6-13(12)15(18)20;18-13-11-4-1-2-5-12(11)14(19)17(13)8-3-7-16-9-6-15-10-16;1-2/h2-3,5-6,9-10H,4,7-8H2,1H3;1-2,4-6,9-10H,3,7-8H2;1-2H3. The van der Waals surface area contributed by atoms with E-state index in [2.05, 4.69) is 9.97 Å². The fraction of sp³-hybridized carbons (Fsp3) is 0.290. The predicted molar refractivity (Wildman–Crippen MR) is 153 cm³/mol. The summed E-state index contributed by atoms with van der Waals surface area (Å²) >= 11 is 0. The van der Waals surface area contributed by atoms with Gasteiger partial charge in [-0.3, -0.25) is 29.0 Å². The third kappa shape index (κ3) is 6.49. The lowest BCUT2D eigenvalue weighted by Crippen LogP contribution is -2.31. The topological polar surface area (TPSA) is 110 Å². The molecule has 0 aliphatic carbocycles. The van der Waals surface area contributed by atoms with Crippen molar-refractivity contribution in [1.29, 1.82) is 0 Å². The molecule has 0 radical (unpaired) electrons. The number of rotatable bonds is 8. The van der Waals surface area contributed by atoms with Crippen LogP contribution in [0.15, 0.2) is 79.8 Å². The number of carbonyl (C=O) groups is 4. The van der Waals surface area contributed by atoms with Crippen LogP contribution in [0, 0.1) is 6.92 Å². The van der Waals surface area contributed by atoms with E-state index in [1.165, 1.54) is 9.80 Å². The summed E-state index contributed by atoms with van der Waals surface area (Å²) in [5, 5.41) is 0. The minimum atomic E-state index is -0.189. The first-order valence-electron chi connectivity index (χ1n) is 13.8. The van der Waals surface area contributed by atoms with E-state index >= 15 is 0 Å². The third-order valence-corrected chi connectivity index (χ3v) is 6.67. The maximum absolute atomic E-state index is 12.1. The second kappa shape index (κ2) is 13.5. The Morgan fingerprint density at radius 3 is 1.41 bits per heavy atom. The average Bonchev–Trinajstić information content (AvgIpc) is 3.77. The largest absolute Gasteiger partial charge is 0.337 e. The van der Waals surface area contributed by atoms with Gasteiger partial charge < -0.3 is 9.13 Å². The van der Waals surface area contributed by atoms with Crippen LogP contribution in [0.2, 0.25) is 0 Å². The Balaban J connectivity index is 0.000000178. The molecule has 2 aliphatic rings. The smallest absolute Gasteiger partial charge is 0.261 e. The number of hydrogen-bond acceptors (Lipinski definition) is 6. The number of nitrogens with zero attached hydrogens (tertiary/aromatic N) is 6. The number of aryl methyl sites for hydroxylation is 3. The monoisotopic (exact) mass is 554 g/mol. The van der Waals surface area contributed by atoms with E-state index < -0.39 is 0 Å². The molecule has 10 heteroatoms. The van der Waals surface area contributed by atoms with Crippen molar-refractivity contribution < 1.29 is 19.2 Å². The molecule has 41 heavy (non-hydrogen) atoms. The van der Waals surface area contributed by atoms with Crippen LogP contribution in [0.5, 0.6) is 0 Å². The van der Waals surface area contributed by atoms with E-state index in [9.17, 15) is 19.2 Å². The third-order valence-electron chi connectivity index (χ3n) is 6.67. The minimum Gasteiger partial charge on any atom is -0.337 e. The van der Waals surface area contributed by atoms with Crippen LogP contribution in [0.4, 0.5) is 0 Å². The maximum atomic E-state index is 12.1. The van der Waals surface area contributed by atoms with Gasteiger partial charge in [-0.1, -0.05) is 38.1 Å². The van der Waals surface area contributed by atoms with Crippen molar-refractivity contribution in [3.8, 4) is 0 Å². The second-order valence-electron chi connectivity index (χ2n) is 9.38. The molecule has 0 fully saturated rings. The summed E-state index contributed by atoms with van der Waals surface area (Å²) in [5.41, 5.74) is 3.00. The first-order valence-corrected chi connectivity index (χ1v) is 13.8. The molecule has 0 atom stereocenters. The zero-order valence-electron chi connectivity index (χ0n) is 23.6. The van der Waals surface area contributed by atoms with Crippen LogP contribution in [-0.4, -0.2) is 65.6 Å². The Morgan fingerprint density at radius 1 is 0.610 bits per heavy atom. The molecule has 6 rings (SSSR count). The highest BCUT2D eigenvalue weighted by Gasteiger charge is 2.35. The van der Waals surface area contributed by atoms with Gasteiger partial charge in [0.2, 0.25) is 0 Å². The molecule has 2 aliphatic heterocycles. The molecule has 0 N–H and O–H groups in total. The number of carbonyl (C=O) groups excluding carboxylic acids is 4. The van der Waals surface area contributed by atoms with E-state index in [4.69, 9.17) is 0 Å². The molecule has 4 heterocycles. The van der Waals surface area contributed by atoms with Gasteiger partial charge in [-0.05, 0) is 44.0 Å². The number of imidazole rings is 2. The van der Waals surface area contributed by atoms with Gasteiger partial charge in [0.25, 0.3) is 23.6 Å². The molecule has 4 aromatic rings. The highest BCUT2D eigenvalue weighted by atomic mass is 16.2. The van der Waals surface area contributed by atoms with Crippen molar-refractivity contribution in [2.75, 3.05) is 13.1 Å². The molecule has 0 spiro atoms. The number of fused-ring (bicyclic) bond motifs is 2. The average molecular weight is 555 g/mol. The number of benzene rings is 2. The van der Waals surface area contributed by atoms with Gasteiger partial charge in [0.05, 0.1) is 40.6 Å². The van der Waals surface area contributed by atoms with Crippen LogP contribution < -0.4 is 0 Å². The van der Waals surface area contributed by atoms with Crippen molar-refractivity contribution in [1.82, 2.24) is 28.9 Å². The Labute approximate surface area is 239 Å². The second-order valence-corrected chi connectivity index (χ2v) is 9.38. The van der Waals surface area contributed by atoms with Gasteiger partial charge >= 0.3 is 0 Å². The number of amides is 4. The summed E-state index contributed by atoms with van der Waals surface area (Å²) in [4.78, 5) is 59.2. The van der Waals surface area contributed by atoms with Gasteiger partial charge in [0.1, 0.15) is 0 Å². The Morgan fingerprint density at radius 2 is 1.05 bits per heavy atom. The molecule has 0 saturated carbocycles. The number of imide groups is 2. The van der Waals surface area contributed by atoms with Crippen molar-refractivity contribution >= 4 is 23.6 Å². The van der Waals surface area contributed by atoms with Crippen LogP contribution >= 0.6 is 0 Å². The Kier molecular flexibility index (Phi) is 9.57. The fourth-order valence-electron chi connectivity index (χ4n) is 4.72. The van der Waals surface area contributed by atoms with Crippen molar-refractivity contribution in [2.45, 2.75) is 46.7 Å². The van der Waals surface area contributed by atoms with Gasteiger partial charge in [0.15, 0.2) is 0 Å². The zero-order chi connectivity index (χ0) is 29.4. The molecular weight excluding hydrogens is 520 g/mol. The molecule has 212 valence electrons. The minimum absolute atomic E-state index is 0.188. The highest BCUT2D eigenvalue weighted by molar-refractivity contribution is 6.22. The first-order chi connectivity index (χ1) is 19.9. The van der Waals surface area contributed by atoms with Gasteiger partial charge in [0, 0.05) is 44.8 Å². The molecule has 0 saturated heterocycles. The van der Waals surface area contributed by atoms with Gasteiger partial charge in [-0.15, -0.1) is 0 Å². The van der Waals surface area contributed by atoms with Crippen LogP contribution in [0.25, 0.3) is 0 Å². The lowest BCUT2D eigenvalue weighted by Gasteiger charge is -2.13. The quantitative estimate of drug-likeness (QED) is 0.297. The fourth-order valence-corrected chi connectivity index (χ4v) is 4.72. The lowest BCUT2D eigenvalue weighted by atomic mass is 10.1. The molecule has 2 aromatic carbocycles. The maximum Gasteiger partial charge on any atom is 0.261 e.